The summed E-state index contributed by atoms with van der Waals surface area (Å²) in [4.78, 5) is 7.01. The minimum atomic E-state index is 0.394. The lowest BCUT2D eigenvalue weighted by molar-refractivity contribution is 0.192. The number of nitrogens with zero attached hydrogens (tertiary/aromatic N) is 2. The molecule has 0 aliphatic carbocycles. The molecule has 2 aromatic carbocycles. The smallest absolute Gasteiger partial charge is 0.0815 e. The highest BCUT2D eigenvalue weighted by Crippen LogP contribution is 2.30. The summed E-state index contributed by atoms with van der Waals surface area (Å²) in [7, 11) is 0. The number of thiazole rings is 1. The average molecular weight is 332 g/mol. The molecule has 0 fully saturated rings. The molecule has 0 spiro atoms. The van der Waals surface area contributed by atoms with E-state index in [2.05, 4.69) is 65.0 Å². The van der Waals surface area contributed by atoms with Crippen molar-refractivity contribution in [1.82, 2.24) is 9.88 Å². The molecule has 24 heavy (non-hydrogen) atoms. The molecule has 0 saturated heterocycles. The number of hydrogen-bond acceptors (Lipinski definition) is 3. The molecule has 1 aliphatic rings. The molecular formula is C21H20N2S. The summed E-state index contributed by atoms with van der Waals surface area (Å²) < 4.78 is 1.26. The van der Waals surface area contributed by atoms with Crippen LogP contribution in [0.3, 0.4) is 0 Å². The highest BCUT2D eigenvalue weighted by molar-refractivity contribution is 7.16. The highest BCUT2D eigenvalue weighted by Gasteiger charge is 2.22. The van der Waals surface area contributed by atoms with Gasteiger partial charge in [0, 0.05) is 24.7 Å². The van der Waals surface area contributed by atoms with Crippen molar-refractivity contribution >= 4 is 21.6 Å². The van der Waals surface area contributed by atoms with Gasteiger partial charge in [0.15, 0.2) is 0 Å². The van der Waals surface area contributed by atoms with Gasteiger partial charge in [-0.2, -0.15) is 0 Å². The van der Waals surface area contributed by atoms with Gasteiger partial charge in [-0.15, -0.1) is 17.3 Å². The van der Waals surface area contributed by atoms with Crippen molar-refractivity contribution in [3.63, 3.8) is 0 Å². The van der Waals surface area contributed by atoms with E-state index in [4.69, 9.17) is 0 Å². The fourth-order valence-electron chi connectivity index (χ4n) is 3.48. The molecule has 0 bridgehead atoms. The van der Waals surface area contributed by atoms with Crippen molar-refractivity contribution in [1.29, 1.82) is 0 Å². The van der Waals surface area contributed by atoms with Crippen LogP contribution < -0.4 is 0 Å². The standard InChI is InChI=1S/C21H20N2S/c1-3-4-16-5-6-17-9-10-23(13-19(17)11-16)15(2)18-7-8-21-20(12-18)22-14-24-21/h5-8,11-12,14-15H,9-10,13H2,1-2H3. The zero-order chi connectivity index (χ0) is 16.5. The molecule has 2 heterocycles. The van der Waals surface area contributed by atoms with E-state index in [9.17, 15) is 0 Å². The molecule has 1 atom stereocenters. The lowest BCUT2D eigenvalue weighted by Gasteiger charge is -2.34. The van der Waals surface area contributed by atoms with Crippen LogP contribution in [0.1, 0.15) is 42.1 Å². The summed E-state index contributed by atoms with van der Waals surface area (Å²) in [6.07, 6.45) is 1.11. The van der Waals surface area contributed by atoms with E-state index >= 15 is 0 Å². The second-order valence-electron chi connectivity index (χ2n) is 6.33. The second-order valence-corrected chi connectivity index (χ2v) is 7.22. The fourth-order valence-corrected chi connectivity index (χ4v) is 4.14. The first-order valence-electron chi connectivity index (χ1n) is 8.36. The predicted octanol–water partition coefficient (Wildman–Crippen LogP) is 4.79. The monoisotopic (exact) mass is 332 g/mol. The van der Waals surface area contributed by atoms with E-state index in [0.717, 1.165) is 30.6 Å². The number of fused-ring (bicyclic) bond motifs is 2. The zero-order valence-corrected chi connectivity index (χ0v) is 14.9. The van der Waals surface area contributed by atoms with Crippen LogP contribution in [-0.2, 0) is 13.0 Å². The van der Waals surface area contributed by atoms with E-state index in [1.54, 1.807) is 11.3 Å². The number of hydrogen-bond donors (Lipinski definition) is 0. The number of rotatable bonds is 2. The molecular weight excluding hydrogens is 312 g/mol. The van der Waals surface area contributed by atoms with Crippen molar-refractivity contribution in [2.24, 2.45) is 0 Å². The maximum absolute atomic E-state index is 4.46. The van der Waals surface area contributed by atoms with Gasteiger partial charge in [0.1, 0.15) is 0 Å². The predicted molar refractivity (Wildman–Crippen MR) is 101 cm³/mol. The highest BCUT2D eigenvalue weighted by atomic mass is 32.1. The molecule has 0 amide bonds. The Labute approximate surface area is 147 Å². The lowest BCUT2D eigenvalue weighted by Crippen LogP contribution is -2.32. The van der Waals surface area contributed by atoms with Crippen LogP contribution in [0.25, 0.3) is 10.2 Å². The SMILES string of the molecule is CC#Cc1ccc2c(c1)CN(C(C)c1ccc3scnc3c1)CC2. The van der Waals surface area contributed by atoms with Gasteiger partial charge in [-0.1, -0.05) is 18.1 Å². The summed E-state index contributed by atoms with van der Waals surface area (Å²) >= 11 is 1.70. The Hall–Kier alpha value is -2.15. The van der Waals surface area contributed by atoms with Crippen molar-refractivity contribution in [3.8, 4) is 11.8 Å². The number of benzene rings is 2. The third-order valence-electron chi connectivity index (χ3n) is 4.90. The van der Waals surface area contributed by atoms with Gasteiger partial charge in [-0.3, -0.25) is 4.90 Å². The Morgan fingerprint density at radius 3 is 2.96 bits per heavy atom. The van der Waals surface area contributed by atoms with Crippen LogP contribution in [0.4, 0.5) is 0 Å². The third-order valence-corrected chi connectivity index (χ3v) is 5.71. The molecule has 0 radical (unpaired) electrons. The van der Waals surface area contributed by atoms with Gasteiger partial charge in [0.05, 0.1) is 15.7 Å². The molecule has 4 rings (SSSR count). The second kappa shape index (κ2) is 6.39. The van der Waals surface area contributed by atoms with Crippen LogP contribution in [0, 0.1) is 11.8 Å². The van der Waals surface area contributed by atoms with E-state index < -0.39 is 0 Å². The molecule has 2 nitrogen and oxygen atoms in total. The normalized spacial score (nSPS) is 15.6. The molecule has 120 valence electrons. The van der Waals surface area contributed by atoms with Crippen molar-refractivity contribution < 1.29 is 0 Å². The van der Waals surface area contributed by atoms with E-state index in [1.165, 1.54) is 21.4 Å². The Morgan fingerprint density at radius 2 is 2.08 bits per heavy atom. The van der Waals surface area contributed by atoms with Gasteiger partial charge in [-0.05, 0) is 61.2 Å². The fraction of sp³-hybridized carbons (Fsp3) is 0.286. The summed E-state index contributed by atoms with van der Waals surface area (Å²) in [5.41, 5.74) is 8.39. The van der Waals surface area contributed by atoms with Crippen molar-refractivity contribution in [3.05, 3.63) is 64.2 Å². The maximum Gasteiger partial charge on any atom is 0.0815 e. The van der Waals surface area contributed by atoms with Crippen LogP contribution in [-0.4, -0.2) is 16.4 Å². The van der Waals surface area contributed by atoms with Crippen molar-refractivity contribution in [2.45, 2.75) is 32.9 Å². The Balaban J connectivity index is 1.60. The van der Waals surface area contributed by atoms with Crippen molar-refractivity contribution in [2.75, 3.05) is 6.54 Å². The zero-order valence-electron chi connectivity index (χ0n) is 14.0. The maximum atomic E-state index is 4.46. The van der Waals surface area contributed by atoms with E-state index in [1.807, 2.05) is 12.4 Å². The van der Waals surface area contributed by atoms with E-state index in [-0.39, 0.29) is 0 Å². The lowest BCUT2D eigenvalue weighted by atomic mass is 9.95. The molecule has 1 aliphatic heterocycles. The topological polar surface area (TPSA) is 16.1 Å². The minimum Gasteiger partial charge on any atom is -0.292 e. The van der Waals surface area contributed by atoms with E-state index in [0.29, 0.717) is 6.04 Å². The first kappa shape index (κ1) is 15.4. The van der Waals surface area contributed by atoms with Gasteiger partial charge in [-0.25, -0.2) is 4.98 Å². The molecule has 0 saturated carbocycles. The van der Waals surface area contributed by atoms with Crippen LogP contribution >= 0.6 is 11.3 Å². The minimum absolute atomic E-state index is 0.394. The van der Waals surface area contributed by atoms with Gasteiger partial charge >= 0.3 is 0 Å². The first-order valence-corrected chi connectivity index (χ1v) is 9.24. The van der Waals surface area contributed by atoms with Crippen LogP contribution in [0.2, 0.25) is 0 Å². The number of aromatic nitrogens is 1. The molecule has 0 N–H and O–H groups in total. The van der Waals surface area contributed by atoms with Crippen LogP contribution in [0.5, 0.6) is 0 Å². The summed E-state index contributed by atoms with van der Waals surface area (Å²) in [5.74, 6) is 6.17. The first-order chi connectivity index (χ1) is 11.7. The van der Waals surface area contributed by atoms with Gasteiger partial charge < -0.3 is 0 Å². The Kier molecular flexibility index (Phi) is 4.10. The van der Waals surface area contributed by atoms with Gasteiger partial charge in [0.2, 0.25) is 0 Å². The summed E-state index contributed by atoms with van der Waals surface area (Å²) in [5, 5.41) is 0. The average Bonchev–Trinajstić information content (AvgIpc) is 3.08. The Morgan fingerprint density at radius 1 is 1.17 bits per heavy atom. The third kappa shape index (κ3) is 2.84. The Bertz CT molecular complexity index is 945. The quantitative estimate of drug-likeness (QED) is 0.627. The summed E-state index contributed by atoms with van der Waals surface area (Å²) in [6, 6.07) is 13.7. The van der Waals surface area contributed by atoms with Gasteiger partial charge in [0.25, 0.3) is 0 Å². The largest absolute Gasteiger partial charge is 0.292 e. The molecule has 3 heteroatoms. The summed E-state index contributed by atoms with van der Waals surface area (Å²) in [6.45, 7) is 6.28. The van der Waals surface area contributed by atoms with Crippen LogP contribution in [0.15, 0.2) is 41.9 Å². The molecule has 1 aromatic heterocycles. The molecule has 1 unspecified atom stereocenters. The molecule has 3 aromatic rings.